The number of thiocarbonyl (C=S) groups is 1. The standard InChI is InChI=1S/C13H21N2O3PS/c1-10(2)17-19(16,18-11(3)4)15-13(20)14-12-8-6-5-7-9-12/h5-11H,1-4H3,(H2,14,15,16,20). The largest absolute Gasteiger partial charge is 0.434 e. The molecule has 0 aliphatic carbocycles. The van der Waals surface area contributed by atoms with E-state index in [0.717, 1.165) is 5.69 Å². The maximum absolute atomic E-state index is 12.6. The summed E-state index contributed by atoms with van der Waals surface area (Å²) in [7, 11) is -3.48. The number of hydrogen-bond donors (Lipinski definition) is 2. The van der Waals surface area contributed by atoms with Gasteiger partial charge in [0.15, 0.2) is 5.11 Å². The highest BCUT2D eigenvalue weighted by Gasteiger charge is 2.29. The lowest BCUT2D eigenvalue weighted by Gasteiger charge is -2.24. The molecule has 0 saturated heterocycles. The molecule has 20 heavy (non-hydrogen) atoms. The highest BCUT2D eigenvalue weighted by molar-refractivity contribution is 7.81. The summed E-state index contributed by atoms with van der Waals surface area (Å²) in [6, 6.07) is 9.35. The van der Waals surface area contributed by atoms with Gasteiger partial charge in [0.05, 0.1) is 12.2 Å². The van der Waals surface area contributed by atoms with Gasteiger partial charge in [0.1, 0.15) is 0 Å². The zero-order valence-electron chi connectivity index (χ0n) is 12.1. The topological polar surface area (TPSA) is 59.6 Å². The van der Waals surface area contributed by atoms with E-state index in [-0.39, 0.29) is 17.3 Å². The van der Waals surface area contributed by atoms with Crippen molar-refractivity contribution in [3.8, 4) is 0 Å². The molecule has 0 saturated carbocycles. The lowest BCUT2D eigenvalue weighted by atomic mass is 10.3. The van der Waals surface area contributed by atoms with E-state index in [0.29, 0.717) is 0 Å². The third kappa shape index (κ3) is 6.48. The van der Waals surface area contributed by atoms with Gasteiger partial charge in [-0.15, -0.1) is 0 Å². The number of anilines is 1. The van der Waals surface area contributed by atoms with Crippen LogP contribution < -0.4 is 10.4 Å². The van der Waals surface area contributed by atoms with E-state index in [1.54, 1.807) is 27.7 Å². The van der Waals surface area contributed by atoms with Crippen molar-refractivity contribution in [1.82, 2.24) is 5.09 Å². The molecule has 0 amide bonds. The molecule has 7 heteroatoms. The summed E-state index contributed by atoms with van der Waals surface area (Å²) in [6.07, 6.45) is -0.488. The number of nitrogens with one attached hydrogen (secondary N) is 2. The van der Waals surface area contributed by atoms with Crippen LogP contribution in [-0.4, -0.2) is 17.3 Å². The molecular formula is C13H21N2O3PS. The highest BCUT2D eigenvalue weighted by atomic mass is 32.1. The zero-order valence-corrected chi connectivity index (χ0v) is 13.8. The Morgan fingerprint density at radius 2 is 1.60 bits per heavy atom. The normalized spacial score (nSPS) is 11.7. The van der Waals surface area contributed by atoms with E-state index in [9.17, 15) is 4.57 Å². The second kappa shape index (κ2) is 7.74. The van der Waals surface area contributed by atoms with Crippen LogP contribution in [0.5, 0.6) is 0 Å². The zero-order chi connectivity index (χ0) is 15.2. The minimum Gasteiger partial charge on any atom is -0.332 e. The van der Waals surface area contributed by atoms with E-state index in [2.05, 4.69) is 10.4 Å². The summed E-state index contributed by atoms with van der Waals surface area (Å²) < 4.78 is 23.3. The fourth-order valence-corrected chi connectivity index (χ4v) is 3.46. The SMILES string of the molecule is CC(C)OP(=O)(NC(=S)Nc1ccccc1)OC(C)C. The molecule has 1 aromatic rings. The summed E-state index contributed by atoms with van der Waals surface area (Å²) in [4.78, 5) is 0. The van der Waals surface area contributed by atoms with E-state index in [1.165, 1.54) is 0 Å². The van der Waals surface area contributed by atoms with Crippen LogP contribution in [0.4, 0.5) is 5.69 Å². The van der Waals surface area contributed by atoms with Gasteiger partial charge >= 0.3 is 7.75 Å². The van der Waals surface area contributed by atoms with Crippen LogP contribution in [0.2, 0.25) is 0 Å². The Morgan fingerprint density at radius 1 is 1.10 bits per heavy atom. The van der Waals surface area contributed by atoms with Crippen molar-refractivity contribution in [2.75, 3.05) is 5.32 Å². The van der Waals surface area contributed by atoms with Gasteiger partial charge in [0.2, 0.25) is 0 Å². The molecular weight excluding hydrogens is 295 g/mol. The first-order valence-corrected chi connectivity index (χ1v) is 8.37. The summed E-state index contributed by atoms with van der Waals surface area (Å²) in [6.45, 7) is 7.13. The molecule has 1 aromatic carbocycles. The molecule has 0 aliphatic heterocycles. The van der Waals surface area contributed by atoms with Gasteiger partial charge in [-0.25, -0.2) is 4.57 Å². The van der Waals surface area contributed by atoms with E-state index in [1.807, 2.05) is 30.3 Å². The van der Waals surface area contributed by atoms with Gasteiger partial charge in [-0.3, -0.25) is 14.1 Å². The second-order valence-corrected chi connectivity index (χ2v) is 6.79. The van der Waals surface area contributed by atoms with Crippen molar-refractivity contribution < 1.29 is 13.6 Å². The summed E-state index contributed by atoms with van der Waals surface area (Å²) in [5, 5.41) is 5.76. The average Bonchev–Trinajstić information content (AvgIpc) is 2.26. The fourth-order valence-electron chi connectivity index (χ4n) is 1.44. The molecule has 0 bridgehead atoms. The summed E-state index contributed by atoms with van der Waals surface area (Å²) >= 11 is 5.14. The molecule has 2 N–H and O–H groups in total. The summed E-state index contributed by atoms with van der Waals surface area (Å²) in [5.74, 6) is 0. The van der Waals surface area contributed by atoms with Gasteiger partial charge in [-0.05, 0) is 52.0 Å². The van der Waals surface area contributed by atoms with E-state index in [4.69, 9.17) is 21.3 Å². The van der Waals surface area contributed by atoms with Crippen LogP contribution in [0.15, 0.2) is 30.3 Å². The number of benzene rings is 1. The Hall–Kier alpha value is -0.940. The van der Waals surface area contributed by atoms with Gasteiger partial charge in [-0.1, -0.05) is 18.2 Å². The van der Waals surface area contributed by atoms with Crippen LogP contribution in [-0.2, 0) is 13.6 Å². The van der Waals surface area contributed by atoms with Crippen molar-refractivity contribution in [3.63, 3.8) is 0 Å². The first-order chi connectivity index (χ1) is 9.31. The Labute approximate surface area is 125 Å². The molecule has 112 valence electrons. The van der Waals surface area contributed by atoms with Gasteiger partial charge in [0, 0.05) is 5.69 Å². The van der Waals surface area contributed by atoms with Crippen molar-refractivity contribution in [1.29, 1.82) is 0 Å². The molecule has 0 unspecified atom stereocenters. The van der Waals surface area contributed by atoms with Crippen LogP contribution in [0.3, 0.4) is 0 Å². The predicted octanol–water partition coefficient (Wildman–Crippen LogP) is 3.93. The first-order valence-electron chi connectivity index (χ1n) is 6.42. The van der Waals surface area contributed by atoms with Gasteiger partial charge in [0.25, 0.3) is 0 Å². The third-order valence-corrected chi connectivity index (χ3v) is 4.22. The Morgan fingerprint density at radius 3 is 2.05 bits per heavy atom. The Bertz CT molecular complexity index is 466. The summed E-state index contributed by atoms with van der Waals surface area (Å²) in [5.41, 5.74) is 0.797. The average molecular weight is 316 g/mol. The molecule has 0 atom stereocenters. The number of rotatable bonds is 6. The number of para-hydroxylation sites is 1. The maximum atomic E-state index is 12.6. The monoisotopic (exact) mass is 316 g/mol. The molecule has 5 nitrogen and oxygen atoms in total. The van der Waals surface area contributed by atoms with Crippen LogP contribution in [0.25, 0.3) is 0 Å². The Kier molecular flexibility index (Phi) is 6.62. The van der Waals surface area contributed by atoms with Crippen molar-refractivity contribution in [2.45, 2.75) is 39.9 Å². The van der Waals surface area contributed by atoms with E-state index < -0.39 is 7.75 Å². The molecule has 0 aromatic heterocycles. The van der Waals surface area contributed by atoms with Crippen LogP contribution >= 0.6 is 20.0 Å². The first kappa shape index (κ1) is 17.1. The van der Waals surface area contributed by atoms with Gasteiger partial charge < -0.3 is 5.32 Å². The molecule has 0 aliphatic rings. The molecule has 0 heterocycles. The molecule has 0 spiro atoms. The van der Waals surface area contributed by atoms with Gasteiger partial charge in [-0.2, -0.15) is 0 Å². The quantitative estimate of drug-likeness (QED) is 0.612. The lowest BCUT2D eigenvalue weighted by molar-refractivity contribution is 0.139. The smallest absolute Gasteiger partial charge is 0.332 e. The van der Waals surface area contributed by atoms with Crippen molar-refractivity contribution in [3.05, 3.63) is 30.3 Å². The maximum Gasteiger partial charge on any atom is 0.434 e. The second-order valence-electron chi connectivity index (χ2n) is 4.74. The van der Waals surface area contributed by atoms with Crippen molar-refractivity contribution in [2.24, 2.45) is 0 Å². The Balaban J connectivity index is 2.69. The number of hydrogen-bond acceptors (Lipinski definition) is 4. The van der Waals surface area contributed by atoms with Crippen LogP contribution in [0, 0.1) is 0 Å². The third-order valence-electron chi connectivity index (χ3n) is 1.97. The fraction of sp³-hybridized carbons (Fsp3) is 0.462. The van der Waals surface area contributed by atoms with Crippen LogP contribution in [0.1, 0.15) is 27.7 Å². The molecule has 1 rings (SSSR count). The minimum absolute atomic E-state index is 0.195. The minimum atomic E-state index is -3.48. The molecule has 0 radical (unpaired) electrons. The molecule has 0 fully saturated rings. The lowest BCUT2D eigenvalue weighted by Crippen LogP contribution is -2.29. The van der Waals surface area contributed by atoms with E-state index >= 15 is 0 Å². The van der Waals surface area contributed by atoms with Crippen molar-refractivity contribution >= 4 is 30.8 Å². The predicted molar refractivity (Wildman–Crippen MR) is 85.8 cm³/mol. The highest BCUT2D eigenvalue weighted by Crippen LogP contribution is 2.46.